The first-order valence-corrected chi connectivity index (χ1v) is 5.88. The molecule has 1 saturated carbocycles. The van der Waals surface area contributed by atoms with Gasteiger partial charge in [-0.05, 0) is 25.7 Å². The largest absolute Gasteiger partial charge is 0.349 e. The van der Waals surface area contributed by atoms with Crippen LogP contribution in [0.25, 0.3) is 0 Å². The van der Waals surface area contributed by atoms with Crippen LogP contribution in [0.15, 0.2) is 0 Å². The van der Waals surface area contributed by atoms with Crippen molar-refractivity contribution in [1.82, 2.24) is 20.5 Å². The lowest BCUT2D eigenvalue weighted by molar-refractivity contribution is 0.0943. The van der Waals surface area contributed by atoms with Crippen molar-refractivity contribution < 1.29 is 4.79 Å². The maximum Gasteiger partial charge on any atom is 0.290 e. The minimum absolute atomic E-state index is 0.215. The molecule has 0 bridgehead atoms. The van der Waals surface area contributed by atoms with E-state index in [0.29, 0.717) is 18.9 Å². The minimum atomic E-state index is -0.245. The Balaban J connectivity index is 1.73. The highest BCUT2D eigenvalue weighted by molar-refractivity contribution is 5.90. The first-order valence-electron chi connectivity index (χ1n) is 5.88. The second-order valence-electron chi connectivity index (χ2n) is 4.19. The summed E-state index contributed by atoms with van der Waals surface area (Å²) in [5, 5.41) is 17.8. The molecule has 0 unspecified atom stereocenters. The van der Waals surface area contributed by atoms with Crippen molar-refractivity contribution in [2.75, 3.05) is 6.54 Å². The molecule has 0 atom stereocenters. The van der Waals surface area contributed by atoms with Gasteiger partial charge in [-0.15, -0.1) is 5.10 Å². The molecular weight excluding hydrogens is 218 g/mol. The second-order valence-corrected chi connectivity index (χ2v) is 4.19. The van der Waals surface area contributed by atoms with Crippen molar-refractivity contribution in [3.63, 3.8) is 0 Å². The topological polar surface area (TPSA) is 94.5 Å². The fourth-order valence-electron chi connectivity index (χ4n) is 1.53. The number of amides is 1. The number of nitrogens with one attached hydrogen (secondary N) is 2. The maximum absolute atomic E-state index is 11.6. The number of hydrogen-bond acceptors (Lipinski definition) is 4. The second kappa shape index (κ2) is 5.43. The van der Waals surface area contributed by atoms with Gasteiger partial charge in [0.1, 0.15) is 5.82 Å². The molecule has 0 spiro atoms. The van der Waals surface area contributed by atoms with Gasteiger partial charge in [0.25, 0.3) is 5.91 Å². The van der Waals surface area contributed by atoms with E-state index in [-0.39, 0.29) is 11.7 Å². The third-order valence-corrected chi connectivity index (χ3v) is 2.67. The SMILES string of the molecule is N#CCCCCNC(=O)c1n[nH]c(C2CC2)n1. The summed E-state index contributed by atoms with van der Waals surface area (Å²) in [7, 11) is 0. The molecule has 2 rings (SSSR count). The van der Waals surface area contributed by atoms with Gasteiger partial charge in [-0.2, -0.15) is 5.26 Å². The molecule has 0 radical (unpaired) electrons. The lowest BCUT2D eigenvalue weighted by atomic mass is 10.2. The lowest BCUT2D eigenvalue weighted by Gasteiger charge is -2.00. The number of unbranched alkanes of at least 4 members (excludes halogenated alkanes) is 2. The molecule has 2 N–H and O–H groups in total. The van der Waals surface area contributed by atoms with Gasteiger partial charge in [0.05, 0.1) is 6.07 Å². The van der Waals surface area contributed by atoms with Crippen LogP contribution in [-0.2, 0) is 0 Å². The third-order valence-electron chi connectivity index (χ3n) is 2.67. The molecule has 1 aromatic heterocycles. The Morgan fingerprint density at radius 3 is 3.06 bits per heavy atom. The summed E-state index contributed by atoms with van der Waals surface area (Å²) in [4.78, 5) is 15.8. The number of nitrogens with zero attached hydrogens (tertiary/aromatic N) is 3. The fraction of sp³-hybridized carbons (Fsp3) is 0.636. The number of carbonyl (C=O) groups excluding carboxylic acids is 1. The van der Waals surface area contributed by atoms with Crippen molar-refractivity contribution in [3.05, 3.63) is 11.6 Å². The Morgan fingerprint density at radius 2 is 2.35 bits per heavy atom. The van der Waals surface area contributed by atoms with E-state index in [9.17, 15) is 4.79 Å². The van der Waals surface area contributed by atoms with E-state index in [4.69, 9.17) is 5.26 Å². The zero-order valence-corrected chi connectivity index (χ0v) is 9.57. The summed E-state index contributed by atoms with van der Waals surface area (Å²) < 4.78 is 0. The molecule has 0 saturated heterocycles. The number of hydrogen-bond donors (Lipinski definition) is 2. The summed E-state index contributed by atoms with van der Waals surface area (Å²) in [6, 6.07) is 2.07. The van der Waals surface area contributed by atoms with E-state index in [0.717, 1.165) is 31.5 Å². The maximum atomic E-state index is 11.6. The molecule has 1 aliphatic rings. The first kappa shape index (κ1) is 11.6. The van der Waals surface area contributed by atoms with Gasteiger partial charge in [-0.25, -0.2) is 4.98 Å². The molecule has 1 amide bonds. The number of aromatic amines is 1. The molecule has 17 heavy (non-hydrogen) atoms. The minimum Gasteiger partial charge on any atom is -0.349 e. The first-order chi connectivity index (χ1) is 8.31. The summed E-state index contributed by atoms with van der Waals surface area (Å²) >= 11 is 0. The predicted octanol–water partition coefficient (Wildman–Crippen LogP) is 1.11. The van der Waals surface area contributed by atoms with Crippen LogP contribution >= 0.6 is 0 Å². The van der Waals surface area contributed by atoms with Gasteiger partial charge >= 0.3 is 0 Å². The average Bonchev–Trinajstić information content (AvgIpc) is 3.07. The van der Waals surface area contributed by atoms with Crippen LogP contribution in [0.5, 0.6) is 0 Å². The van der Waals surface area contributed by atoms with Crippen LogP contribution in [0.3, 0.4) is 0 Å². The van der Waals surface area contributed by atoms with Crippen LogP contribution in [0.2, 0.25) is 0 Å². The van der Waals surface area contributed by atoms with Gasteiger partial charge < -0.3 is 5.32 Å². The zero-order chi connectivity index (χ0) is 12.1. The van der Waals surface area contributed by atoms with Crippen molar-refractivity contribution >= 4 is 5.91 Å². The third kappa shape index (κ3) is 3.28. The summed E-state index contributed by atoms with van der Waals surface area (Å²) in [5.74, 6) is 1.26. The molecule has 1 fully saturated rings. The highest BCUT2D eigenvalue weighted by Crippen LogP contribution is 2.37. The van der Waals surface area contributed by atoms with Crippen molar-refractivity contribution in [2.45, 2.75) is 38.0 Å². The smallest absolute Gasteiger partial charge is 0.290 e. The molecule has 6 heteroatoms. The number of H-pyrrole nitrogens is 1. The normalized spacial score (nSPS) is 14.3. The molecule has 1 aliphatic carbocycles. The van der Waals surface area contributed by atoms with Crippen LogP contribution in [-0.4, -0.2) is 27.6 Å². The number of carbonyl (C=O) groups is 1. The Labute approximate surface area is 99.4 Å². The molecule has 90 valence electrons. The van der Waals surface area contributed by atoms with Gasteiger partial charge in [0.15, 0.2) is 0 Å². The molecular formula is C11H15N5O. The quantitative estimate of drug-likeness (QED) is 0.719. The van der Waals surface area contributed by atoms with Gasteiger partial charge in [-0.1, -0.05) is 0 Å². The Kier molecular flexibility index (Phi) is 3.70. The lowest BCUT2D eigenvalue weighted by Crippen LogP contribution is -2.25. The monoisotopic (exact) mass is 233 g/mol. The fourth-order valence-corrected chi connectivity index (χ4v) is 1.53. The molecule has 0 aliphatic heterocycles. The number of nitriles is 1. The zero-order valence-electron chi connectivity index (χ0n) is 9.57. The van der Waals surface area contributed by atoms with E-state index < -0.39 is 0 Å². The Morgan fingerprint density at radius 1 is 1.53 bits per heavy atom. The summed E-state index contributed by atoms with van der Waals surface area (Å²) in [6.45, 7) is 0.563. The molecule has 6 nitrogen and oxygen atoms in total. The van der Waals surface area contributed by atoms with Crippen LogP contribution in [0, 0.1) is 11.3 Å². The Bertz CT molecular complexity index is 429. The van der Waals surface area contributed by atoms with Crippen LogP contribution < -0.4 is 5.32 Å². The van der Waals surface area contributed by atoms with Crippen LogP contribution in [0.4, 0.5) is 0 Å². The number of rotatable bonds is 6. The average molecular weight is 233 g/mol. The predicted molar refractivity (Wildman–Crippen MR) is 60.2 cm³/mol. The van der Waals surface area contributed by atoms with Crippen LogP contribution in [0.1, 0.15) is 54.5 Å². The van der Waals surface area contributed by atoms with E-state index in [1.165, 1.54) is 0 Å². The van der Waals surface area contributed by atoms with Crippen molar-refractivity contribution in [1.29, 1.82) is 5.26 Å². The van der Waals surface area contributed by atoms with E-state index in [1.54, 1.807) is 0 Å². The summed E-state index contributed by atoms with van der Waals surface area (Å²) in [6.07, 6.45) is 4.40. The molecule has 1 heterocycles. The van der Waals surface area contributed by atoms with Gasteiger partial charge in [0.2, 0.25) is 5.82 Å². The van der Waals surface area contributed by atoms with Gasteiger partial charge in [0, 0.05) is 18.9 Å². The molecule has 0 aromatic carbocycles. The molecule has 1 aromatic rings. The highest BCUT2D eigenvalue weighted by atomic mass is 16.2. The van der Waals surface area contributed by atoms with Gasteiger partial charge in [-0.3, -0.25) is 9.89 Å². The van der Waals surface area contributed by atoms with E-state index >= 15 is 0 Å². The Hall–Kier alpha value is -1.90. The van der Waals surface area contributed by atoms with E-state index in [1.807, 2.05) is 0 Å². The highest BCUT2D eigenvalue weighted by Gasteiger charge is 2.28. The van der Waals surface area contributed by atoms with Crippen molar-refractivity contribution in [3.8, 4) is 6.07 Å². The standard InChI is InChI=1S/C11H15N5O/c12-6-2-1-3-7-13-11(17)10-14-9(15-16-10)8-4-5-8/h8H,1-5,7H2,(H,13,17)(H,14,15,16). The summed E-state index contributed by atoms with van der Waals surface area (Å²) in [5.41, 5.74) is 0. The number of aromatic nitrogens is 3. The van der Waals surface area contributed by atoms with Crippen molar-refractivity contribution in [2.24, 2.45) is 0 Å². The van der Waals surface area contributed by atoms with E-state index in [2.05, 4.69) is 26.6 Å².